The molecule has 0 heterocycles. The lowest BCUT2D eigenvalue weighted by Crippen LogP contribution is -2.22. The molecule has 1 aromatic rings. The van der Waals surface area contributed by atoms with E-state index < -0.39 is 0 Å². The van der Waals surface area contributed by atoms with E-state index in [2.05, 4.69) is 11.9 Å². The first kappa shape index (κ1) is 11.5. The molecule has 0 unspecified atom stereocenters. The number of benzene rings is 1. The Kier molecular flexibility index (Phi) is 4.61. The molecule has 2 nitrogen and oxygen atoms in total. The SMILES string of the molecule is C=CCCC(=O)NCc1ccc(C)cc1. The van der Waals surface area contributed by atoms with Gasteiger partial charge in [0.15, 0.2) is 0 Å². The summed E-state index contributed by atoms with van der Waals surface area (Å²) in [7, 11) is 0. The molecule has 0 bridgehead atoms. The minimum Gasteiger partial charge on any atom is -0.352 e. The van der Waals surface area contributed by atoms with Gasteiger partial charge in [-0.25, -0.2) is 0 Å². The van der Waals surface area contributed by atoms with Crippen molar-refractivity contribution < 1.29 is 4.79 Å². The van der Waals surface area contributed by atoms with Crippen molar-refractivity contribution in [2.45, 2.75) is 26.3 Å². The molecule has 0 saturated heterocycles. The number of carbonyl (C=O) groups excluding carboxylic acids is 1. The average Bonchev–Trinajstić information content (AvgIpc) is 2.25. The Labute approximate surface area is 91.0 Å². The third kappa shape index (κ3) is 4.45. The van der Waals surface area contributed by atoms with Crippen LogP contribution in [0.3, 0.4) is 0 Å². The summed E-state index contributed by atoms with van der Waals surface area (Å²) in [4.78, 5) is 11.3. The standard InChI is InChI=1S/C13H17NO/c1-3-4-5-13(15)14-10-12-8-6-11(2)7-9-12/h3,6-9H,1,4-5,10H2,2H3,(H,14,15). The Bertz CT molecular complexity index is 327. The van der Waals surface area contributed by atoms with Gasteiger partial charge in [0.05, 0.1) is 0 Å². The van der Waals surface area contributed by atoms with Crippen LogP contribution in [0.5, 0.6) is 0 Å². The molecule has 2 heteroatoms. The Hall–Kier alpha value is -1.57. The highest BCUT2D eigenvalue weighted by Crippen LogP contribution is 2.02. The Morgan fingerprint density at radius 2 is 2.07 bits per heavy atom. The molecular formula is C13H17NO. The van der Waals surface area contributed by atoms with Crippen LogP contribution in [-0.2, 0) is 11.3 Å². The third-order valence-corrected chi connectivity index (χ3v) is 2.19. The van der Waals surface area contributed by atoms with E-state index in [0.29, 0.717) is 13.0 Å². The fourth-order valence-corrected chi connectivity index (χ4v) is 1.23. The van der Waals surface area contributed by atoms with Gasteiger partial charge >= 0.3 is 0 Å². The van der Waals surface area contributed by atoms with Gasteiger partial charge in [-0.15, -0.1) is 6.58 Å². The van der Waals surface area contributed by atoms with Crippen LogP contribution in [0, 0.1) is 6.92 Å². The number of aryl methyl sites for hydroxylation is 1. The second-order valence-corrected chi connectivity index (χ2v) is 3.59. The van der Waals surface area contributed by atoms with Crippen molar-refractivity contribution >= 4 is 5.91 Å². The summed E-state index contributed by atoms with van der Waals surface area (Å²) in [6.07, 6.45) is 3.01. The van der Waals surface area contributed by atoms with Gasteiger partial charge in [-0.1, -0.05) is 35.9 Å². The summed E-state index contributed by atoms with van der Waals surface area (Å²) < 4.78 is 0. The van der Waals surface area contributed by atoms with Crippen molar-refractivity contribution in [1.29, 1.82) is 0 Å². The van der Waals surface area contributed by atoms with E-state index in [1.807, 2.05) is 31.2 Å². The maximum Gasteiger partial charge on any atom is 0.220 e. The van der Waals surface area contributed by atoms with Gasteiger partial charge in [0.25, 0.3) is 0 Å². The molecule has 0 aliphatic carbocycles. The quantitative estimate of drug-likeness (QED) is 0.732. The smallest absolute Gasteiger partial charge is 0.220 e. The van der Waals surface area contributed by atoms with E-state index in [-0.39, 0.29) is 5.91 Å². The topological polar surface area (TPSA) is 29.1 Å². The second kappa shape index (κ2) is 6.02. The summed E-state index contributed by atoms with van der Waals surface area (Å²) in [5.74, 6) is 0.0791. The molecule has 80 valence electrons. The van der Waals surface area contributed by atoms with Crippen molar-refractivity contribution in [2.75, 3.05) is 0 Å². The second-order valence-electron chi connectivity index (χ2n) is 3.59. The highest BCUT2D eigenvalue weighted by Gasteiger charge is 1.99. The van der Waals surface area contributed by atoms with Crippen molar-refractivity contribution in [1.82, 2.24) is 5.32 Å². The van der Waals surface area contributed by atoms with E-state index in [0.717, 1.165) is 12.0 Å². The summed E-state index contributed by atoms with van der Waals surface area (Å²) in [6, 6.07) is 8.16. The van der Waals surface area contributed by atoms with Gasteiger partial charge in [-0.05, 0) is 18.9 Å². The molecule has 0 atom stereocenters. The average molecular weight is 203 g/mol. The minimum absolute atomic E-state index is 0.0791. The molecule has 0 spiro atoms. The molecule has 0 saturated carbocycles. The largest absolute Gasteiger partial charge is 0.352 e. The van der Waals surface area contributed by atoms with E-state index in [9.17, 15) is 4.79 Å². The summed E-state index contributed by atoms with van der Waals surface area (Å²) >= 11 is 0. The van der Waals surface area contributed by atoms with Gasteiger partial charge in [-0.3, -0.25) is 4.79 Å². The first-order chi connectivity index (χ1) is 7.22. The van der Waals surface area contributed by atoms with Gasteiger partial charge in [0.1, 0.15) is 0 Å². The summed E-state index contributed by atoms with van der Waals surface area (Å²) in [5.41, 5.74) is 2.37. The molecule has 15 heavy (non-hydrogen) atoms. The number of hydrogen-bond donors (Lipinski definition) is 1. The normalized spacial score (nSPS) is 9.67. The zero-order chi connectivity index (χ0) is 11.1. The van der Waals surface area contributed by atoms with Crippen molar-refractivity contribution in [3.63, 3.8) is 0 Å². The molecule has 1 N–H and O–H groups in total. The number of carbonyl (C=O) groups is 1. The lowest BCUT2D eigenvalue weighted by molar-refractivity contribution is -0.121. The van der Waals surface area contributed by atoms with Gasteiger partial charge in [-0.2, -0.15) is 0 Å². The highest BCUT2D eigenvalue weighted by molar-refractivity contribution is 5.75. The van der Waals surface area contributed by atoms with Crippen molar-refractivity contribution in [2.24, 2.45) is 0 Å². The maximum atomic E-state index is 11.3. The lowest BCUT2D eigenvalue weighted by atomic mass is 10.1. The molecule has 0 fully saturated rings. The molecular weight excluding hydrogens is 186 g/mol. The first-order valence-electron chi connectivity index (χ1n) is 5.15. The van der Waals surface area contributed by atoms with Crippen LogP contribution in [0.15, 0.2) is 36.9 Å². The fourth-order valence-electron chi connectivity index (χ4n) is 1.23. The molecule has 0 aliphatic heterocycles. The zero-order valence-corrected chi connectivity index (χ0v) is 9.12. The molecule has 1 rings (SSSR count). The molecule has 1 aromatic carbocycles. The Morgan fingerprint density at radius 1 is 1.40 bits per heavy atom. The highest BCUT2D eigenvalue weighted by atomic mass is 16.1. The van der Waals surface area contributed by atoms with E-state index in [1.165, 1.54) is 5.56 Å². The molecule has 0 aromatic heterocycles. The van der Waals surface area contributed by atoms with Crippen LogP contribution in [0.4, 0.5) is 0 Å². The van der Waals surface area contributed by atoms with E-state index in [4.69, 9.17) is 0 Å². The van der Waals surface area contributed by atoms with Gasteiger partial charge < -0.3 is 5.32 Å². The third-order valence-electron chi connectivity index (χ3n) is 2.19. The molecule has 0 radical (unpaired) electrons. The van der Waals surface area contributed by atoms with Gasteiger partial charge in [0, 0.05) is 13.0 Å². The summed E-state index contributed by atoms with van der Waals surface area (Å²) in [6.45, 7) is 6.24. The number of nitrogens with one attached hydrogen (secondary N) is 1. The van der Waals surface area contributed by atoms with E-state index in [1.54, 1.807) is 6.08 Å². The van der Waals surface area contributed by atoms with Gasteiger partial charge in [0.2, 0.25) is 5.91 Å². The van der Waals surface area contributed by atoms with Crippen molar-refractivity contribution in [3.8, 4) is 0 Å². The number of hydrogen-bond acceptors (Lipinski definition) is 1. The maximum absolute atomic E-state index is 11.3. The van der Waals surface area contributed by atoms with Crippen LogP contribution < -0.4 is 5.32 Å². The predicted octanol–water partition coefficient (Wildman–Crippen LogP) is 2.58. The molecule has 1 amide bonds. The summed E-state index contributed by atoms with van der Waals surface area (Å²) in [5, 5.41) is 2.87. The Balaban J connectivity index is 2.33. The molecule has 0 aliphatic rings. The monoisotopic (exact) mass is 203 g/mol. The first-order valence-corrected chi connectivity index (χ1v) is 5.15. The minimum atomic E-state index is 0.0791. The van der Waals surface area contributed by atoms with Crippen LogP contribution in [0.2, 0.25) is 0 Å². The lowest BCUT2D eigenvalue weighted by Gasteiger charge is -2.04. The van der Waals surface area contributed by atoms with Crippen molar-refractivity contribution in [3.05, 3.63) is 48.0 Å². The van der Waals surface area contributed by atoms with E-state index >= 15 is 0 Å². The Morgan fingerprint density at radius 3 is 2.67 bits per heavy atom. The zero-order valence-electron chi connectivity index (χ0n) is 9.12. The number of allylic oxidation sites excluding steroid dienone is 1. The predicted molar refractivity (Wildman–Crippen MR) is 62.5 cm³/mol. The van der Waals surface area contributed by atoms with Crippen LogP contribution >= 0.6 is 0 Å². The van der Waals surface area contributed by atoms with Crippen LogP contribution in [0.25, 0.3) is 0 Å². The number of rotatable bonds is 5. The van der Waals surface area contributed by atoms with Crippen LogP contribution in [-0.4, -0.2) is 5.91 Å². The van der Waals surface area contributed by atoms with Crippen LogP contribution in [0.1, 0.15) is 24.0 Å². The fraction of sp³-hybridized carbons (Fsp3) is 0.308. The number of amides is 1.